The van der Waals surface area contributed by atoms with E-state index in [1.165, 1.54) is 4.90 Å². The third-order valence-corrected chi connectivity index (χ3v) is 11.7. The van der Waals surface area contributed by atoms with Crippen LogP contribution in [-0.2, 0) is 25.5 Å². The third-order valence-electron chi connectivity index (χ3n) is 11.7. The van der Waals surface area contributed by atoms with Crippen LogP contribution in [-0.4, -0.2) is 105 Å². The number of aryl methyl sites for hydroxylation is 1. The zero-order valence-electron chi connectivity index (χ0n) is 37.5. The topological polar surface area (TPSA) is 233 Å². The highest BCUT2D eigenvalue weighted by atomic mass is 19.4. The summed E-state index contributed by atoms with van der Waals surface area (Å²) in [4.78, 5) is 88.1. The van der Waals surface area contributed by atoms with Crippen LogP contribution in [0.4, 0.5) is 23.7 Å². The Labute approximate surface area is 374 Å². The molecule has 1 atom stereocenters. The predicted molar refractivity (Wildman–Crippen MR) is 238 cm³/mol. The van der Waals surface area contributed by atoms with E-state index in [0.29, 0.717) is 60.7 Å². The van der Waals surface area contributed by atoms with Crippen molar-refractivity contribution >= 4 is 46.5 Å². The standard InChI is InChI=1S/C44H58N8O6.C2HF3O2/c1-26-34(20-22-37(47-26)39(53)48-31-15-17-32(18-16-31)51(5)6)29-11-7-27(8-12-29)23-35(45)41(55)52(33-19-21-36-38(24-33)50-42(56)49-36)40(54)30-13-9-28(10-14-30)25-46-43(57)58-44(2,3)4;3-2(4,5)1(6)7/h7-8,11-12,19-22,24,28,30-32,35H,9-10,13-18,23,25,45H2,1-6H3,(H,46,57)(H,48,53)(H2,49,50,56);(H,6,7)/t28-,30-,31?,32?,35-;/m0./s1. The highest BCUT2D eigenvalue weighted by Crippen LogP contribution is 2.33. The zero-order valence-corrected chi connectivity index (χ0v) is 37.5. The number of aromatic amines is 2. The van der Waals surface area contributed by atoms with Crippen LogP contribution in [0, 0.1) is 18.8 Å². The van der Waals surface area contributed by atoms with E-state index in [1.807, 2.05) is 58.0 Å². The summed E-state index contributed by atoms with van der Waals surface area (Å²) in [5.41, 5.74) is 10.7. The van der Waals surface area contributed by atoms with Gasteiger partial charge >= 0.3 is 23.9 Å². The van der Waals surface area contributed by atoms with Gasteiger partial charge in [-0.3, -0.25) is 14.4 Å². The van der Waals surface area contributed by atoms with E-state index in [1.54, 1.807) is 24.3 Å². The van der Waals surface area contributed by atoms with Crippen molar-refractivity contribution in [1.29, 1.82) is 0 Å². The number of rotatable bonds is 11. The Hall–Kier alpha value is -6.08. The molecule has 16 nitrogen and oxygen atoms in total. The first kappa shape index (κ1) is 49.9. The molecular weight excluding hydrogens is 850 g/mol. The van der Waals surface area contributed by atoms with Crippen LogP contribution in [0.2, 0.25) is 0 Å². The lowest BCUT2D eigenvalue weighted by molar-refractivity contribution is -0.192. The van der Waals surface area contributed by atoms with Crippen LogP contribution in [0.15, 0.2) is 59.4 Å². The van der Waals surface area contributed by atoms with Crippen LogP contribution in [0.25, 0.3) is 22.2 Å². The number of anilines is 1. The molecule has 2 heterocycles. The van der Waals surface area contributed by atoms with E-state index in [0.717, 1.165) is 48.1 Å². The molecule has 0 saturated heterocycles. The molecule has 6 rings (SSSR count). The summed E-state index contributed by atoms with van der Waals surface area (Å²) in [6.07, 6.45) is 1.12. The number of nitrogens with two attached hydrogens (primary N) is 1. The number of imide groups is 1. The van der Waals surface area contributed by atoms with E-state index in [9.17, 15) is 37.1 Å². The lowest BCUT2D eigenvalue weighted by atomic mass is 9.81. The zero-order chi connectivity index (χ0) is 47.8. The van der Waals surface area contributed by atoms with Crippen LogP contribution in [0.1, 0.15) is 93.9 Å². The summed E-state index contributed by atoms with van der Waals surface area (Å²) in [7, 11) is 4.20. The molecule has 4 aromatic rings. The summed E-state index contributed by atoms with van der Waals surface area (Å²) in [5.74, 6) is -4.06. The first-order valence-corrected chi connectivity index (χ1v) is 21.7. The summed E-state index contributed by atoms with van der Waals surface area (Å²) >= 11 is 0. The number of halogens is 3. The molecule has 0 radical (unpaired) electrons. The number of hydrogen-bond acceptors (Lipinski definition) is 10. The Morgan fingerprint density at radius 3 is 2.08 bits per heavy atom. The monoisotopic (exact) mass is 908 g/mol. The van der Waals surface area contributed by atoms with Crippen molar-refractivity contribution in [1.82, 2.24) is 30.5 Å². The number of nitrogens with one attached hydrogen (secondary N) is 4. The van der Waals surface area contributed by atoms with E-state index >= 15 is 0 Å². The molecule has 0 spiro atoms. The molecule has 0 unspecified atom stereocenters. The second-order valence-corrected chi connectivity index (χ2v) is 18.0. The highest BCUT2D eigenvalue weighted by Gasteiger charge is 2.38. The van der Waals surface area contributed by atoms with Gasteiger partial charge in [-0.1, -0.05) is 30.3 Å². The van der Waals surface area contributed by atoms with Gasteiger partial charge in [-0.25, -0.2) is 24.3 Å². The molecule has 2 fully saturated rings. The van der Waals surface area contributed by atoms with Gasteiger partial charge < -0.3 is 41.1 Å². The number of nitrogens with zero attached hydrogens (tertiary/aromatic N) is 3. The predicted octanol–water partition coefficient (Wildman–Crippen LogP) is 6.22. The number of aromatic nitrogens is 3. The van der Waals surface area contributed by atoms with Crippen molar-refractivity contribution in [3.63, 3.8) is 0 Å². The molecule has 2 aliphatic carbocycles. The molecule has 19 heteroatoms. The fraction of sp³-hybridized carbons (Fsp3) is 0.500. The Kier molecular flexibility index (Phi) is 16.3. The Morgan fingerprint density at radius 1 is 0.892 bits per heavy atom. The summed E-state index contributed by atoms with van der Waals surface area (Å²) < 4.78 is 37.1. The number of alkyl carbamates (subject to hydrolysis) is 1. The van der Waals surface area contributed by atoms with Gasteiger partial charge in [0.2, 0.25) is 5.91 Å². The van der Waals surface area contributed by atoms with Crippen molar-refractivity contribution < 1.29 is 47.0 Å². The Balaban J connectivity index is 0.00000105. The summed E-state index contributed by atoms with van der Waals surface area (Å²) in [5, 5.41) is 13.1. The molecule has 7 N–H and O–H groups in total. The second-order valence-electron chi connectivity index (χ2n) is 18.0. The molecule has 2 aromatic carbocycles. The normalized spacial score (nSPS) is 19.4. The second kappa shape index (κ2) is 21.3. The smallest absolute Gasteiger partial charge is 0.475 e. The van der Waals surface area contributed by atoms with Crippen LogP contribution < -0.4 is 27.0 Å². The SMILES string of the molecule is Cc1nc(C(=O)NC2CCC(N(C)C)CC2)ccc1-c1ccc(C[C@H](N)C(=O)N(c2ccc3[nH]c(=O)[nH]c3c2)C(=O)[C@H]2CC[C@H](CNC(=O)OC(C)(C)C)CC2)cc1.O=C(O)C(F)(F)F. The molecule has 0 aliphatic heterocycles. The minimum absolute atomic E-state index is 0.149. The van der Waals surface area contributed by atoms with Gasteiger partial charge in [0.15, 0.2) is 0 Å². The van der Waals surface area contributed by atoms with Crippen molar-refractivity contribution in [2.24, 2.45) is 17.6 Å². The molecule has 2 aliphatic rings. The van der Waals surface area contributed by atoms with E-state index in [2.05, 4.69) is 44.6 Å². The molecule has 2 saturated carbocycles. The van der Waals surface area contributed by atoms with Crippen molar-refractivity contribution in [2.45, 2.75) is 115 Å². The number of pyridine rings is 1. The number of fused-ring (bicyclic) bond motifs is 1. The van der Waals surface area contributed by atoms with Gasteiger partial charge in [0, 0.05) is 35.8 Å². The van der Waals surface area contributed by atoms with Gasteiger partial charge in [0.05, 0.1) is 22.8 Å². The quantitative estimate of drug-likeness (QED) is 0.0989. The fourth-order valence-corrected chi connectivity index (χ4v) is 8.18. The average molecular weight is 909 g/mol. The number of carboxylic acid groups (broad SMARTS) is 1. The Morgan fingerprint density at radius 2 is 1.51 bits per heavy atom. The number of H-pyrrole nitrogens is 2. The first-order valence-electron chi connectivity index (χ1n) is 21.7. The van der Waals surface area contributed by atoms with Crippen molar-refractivity contribution in [3.05, 3.63) is 82.0 Å². The number of aliphatic carboxylic acids is 1. The number of carbonyl (C=O) groups is 5. The number of carboxylic acids is 1. The van der Waals surface area contributed by atoms with Gasteiger partial charge in [0.25, 0.3) is 11.8 Å². The third kappa shape index (κ3) is 14.0. The lowest BCUT2D eigenvalue weighted by Gasteiger charge is -2.32. The molecule has 352 valence electrons. The minimum Gasteiger partial charge on any atom is -0.475 e. The summed E-state index contributed by atoms with van der Waals surface area (Å²) in [6.45, 7) is 7.76. The molecule has 0 bridgehead atoms. The number of ether oxygens (including phenoxy) is 1. The van der Waals surface area contributed by atoms with Crippen molar-refractivity contribution in [3.8, 4) is 11.1 Å². The van der Waals surface area contributed by atoms with Gasteiger partial charge in [-0.2, -0.15) is 13.2 Å². The summed E-state index contributed by atoms with van der Waals surface area (Å²) in [6, 6.07) is 15.9. The molecular formula is C46H59F3N8O8. The van der Waals surface area contributed by atoms with Gasteiger partial charge in [-0.05, 0) is 141 Å². The highest BCUT2D eigenvalue weighted by molar-refractivity contribution is 6.17. The molecule has 65 heavy (non-hydrogen) atoms. The van der Waals surface area contributed by atoms with Crippen LogP contribution in [0.3, 0.4) is 0 Å². The maximum Gasteiger partial charge on any atom is 0.490 e. The lowest BCUT2D eigenvalue weighted by Crippen LogP contribution is -2.50. The van der Waals surface area contributed by atoms with E-state index in [-0.39, 0.29) is 30.2 Å². The molecule has 2 aromatic heterocycles. The molecule has 4 amide bonds. The van der Waals surface area contributed by atoms with Crippen LogP contribution in [0.5, 0.6) is 0 Å². The largest absolute Gasteiger partial charge is 0.490 e. The maximum atomic E-state index is 14.2. The average Bonchev–Trinajstić information content (AvgIpc) is 3.62. The maximum absolute atomic E-state index is 14.2. The van der Waals surface area contributed by atoms with Crippen molar-refractivity contribution in [2.75, 3.05) is 25.5 Å². The number of alkyl halides is 3. The van der Waals surface area contributed by atoms with Gasteiger partial charge in [-0.15, -0.1) is 0 Å². The van der Waals surface area contributed by atoms with Gasteiger partial charge in [0.1, 0.15) is 11.3 Å². The van der Waals surface area contributed by atoms with Crippen LogP contribution >= 0.6 is 0 Å². The number of amides is 4. The number of imidazole rings is 1. The number of benzene rings is 2. The minimum atomic E-state index is -5.08. The number of carbonyl (C=O) groups excluding carboxylic acids is 4. The first-order chi connectivity index (χ1) is 30.5. The van der Waals surface area contributed by atoms with E-state index < -0.39 is 47.4 Å². The van der Waals surface area contributed by atoms with E-state index in [4.69, 9.17) is 20.4 Å². The Bertz CT molecular complexity index is 2380. The number of hydrogen-bond donors (Lipinski definition) is 6. The fourth-order valence-electron chi connectivity index (χ4n) is 8.18.